The van der Waals surface area contributed by atoms with E-state index in [1.165, 1.54) is 27.2 Å². The number of carbonyl (C=O) groups excluding carboxylic acids is 1. The Morgan fingerprint density at radius 3 is 3.00 bits per heavy atom. The summed E-state index contributed by atoms with van der Waals surface area (Å²) in [6, 6.07) is 1.84. The van der Waals surface area contributed by atoms with Crippen LogP contribution in [0, 0.1) is 13.8 Å². The quantitative estimate of drug-likeness (QED) is 0.621. The van der Waals surface area contributed by atoms with Crippen molar-refractivity contribution in [1.29, 1.82) is 0 Å². The van der Waals surface area contributed by atoms with Gasteiger partial charge in [0.25, 0.3) is 5.91 Å². The van der Waals surface area contributed by atoms with Crippen LogP contribution in [0.5, 0.6) is 0 Å². The highest BCUT2D eigenvalue weighted by atomic mass is 32.1. The van der Waals surface area contributed by atoms with Crippen LogP contribution in [-0.4, -0.2) is 70.9 Å². The highest BCUT2D eigenvalue weighted by Gasteiger charge is 2.23. The Morgan fingerprint density at radius 1 is 1.41 bits per heavy atom. The van der Waals surface area contributed by atoms with Crippen LogP contribution >= 0.6 is 11.3 Å². The van der Waals surface area contributed by atoms with Crippen LogP contribution in [0.25, 0.3) is 0 Å². The first kappa shape index (κ1) is 20.2. The Bertz CT molecular complexity index is 883. The monoisotopic (exact) mass is 417 g/mol. The molecule has 4 rings (SSSR count). The largest absolute Gasteiger partial charge is 0.390 e. The number of aliphatic hydroxyl groups is 1. The number of nitrogens with one attached hydrogen (secondary N) is 2. The van der Waals surface area contributed by atoms with E-state index in [1.807, 2.05) is 11.3 Å². The topological polar surface area (TPSA) is 99.6 Å². The molecule has 4 heterocycles. The standard InChI is InChI=1S/C20H27N5O3S/c1-12-13(2)29-18-3-4-25(8-16(12)18)7-15(26)6-21-20(27)17-5-19(23-11-22-17)24-14-9-28-10-14/h5,11,14-15,26H,3-4,6-10H2,1-2H3,(H,21,27)(H,22,23,24)/t15-/m0/s1. The maximum atomic E-state index is 12.4. The Balaban J connectivity index is 1.26. The molecule has 2 aliphatic heterocycles. The van der Waals surface area contributed by atoms with Gasteiger partial charge in [-0.25, -0.2) is 9.97 Å². The number of aromatic nitrogens is 2. The van der Waals surface area contributed by atoms with Gasteiger partial charge in [0.15, 0.2) is 0 Å². The molecule has 3 N–H and O–H groups in total. The number of rotatable bonds is 7. The summed E-state index contributed by atoms with van der Waals surface area (Å²) in [5, 5.41) is 16.4. The number of aryl methyl sites for hydroxylation is 1. The number of anilines is 1. The third-order valence-electron chi connectivity index (χ3n) is 5.49. The molecule has 0 spiro atoms. The van der Waals surface area contributed by atoms with Gasteiger partial charge in [-0.3, -0.25) is 9.69 Å². The fraction of sp³-hybridized carbons (Fsp3) is 0.550. The van der Waals surface area contributed by atoms with E-state index in [9.17, 15) is 9.90 Å². The maximum absolute atomic E-state index is 12.4. The fourth-order valence-electron chi connectivity index (χ4n) is 3.62. The van der Waals surface area contributed by atoms with Gasteiger partial charge in [0, 0.05) is 42.0 Å². The molecule has 0 aromatic carbocycles. The molecule has 0 unspecified atom stereocenters. The molecule has 2 aliphatic rings. The predicted molar refractivity (Wildman–Crippen MR) is 111 cm³/mol. The lowest BCUT2D eigenvalue weighted by atomic mass is 10.0. The molecule has 156 valence electrons. The van der Waals surface area contributed by atoms with Crippen LogP contribution in [0.15, 0.2) is 12.4 Å². The number of nitrogens with zero attached hydrogens (tertiary/aromatic N) is 3. The molecular formula is C20H27N5O3S. The average molecular weight is 418 g/mol. The zero-order valence-electron chi connectivity index (χ0n) is 16.8. The highest BCUT2D eigenvalue weighted by molar-refractivity contribution is 7.12. The first-order chi connectivity index (χ1) is 14.0. The molecule has 29 heavy (non-hydrogen) atoms. The molecule has 1 atom stereocenters. The van der Waals surface area contributed by atoms with Gasteiger partial charge in [-0.1, -0.05) is 0 Å². The number of aliphatic hydroxyl groups excluding tert-OH is 1. The lowest BCUT2D eigenvalue weighted by Crippen LogP contribution is -2.42. The SMILES string of the molecule is Cc1sc2c(c1C)CN(C[C@@H](O)CNC(=O)c1cc(NC3COC3)ncn1)CC2. The number of thiophene rings is 1. The summed E-state index contributed by atoms with van der Waals surface area (Å²) in [5.41, 5.74) is 3.06. The lowest BCUT2D eigenvalue weighted by molar-refractivity contribution is 0.0209. The van der Waals surface area contributed by atoms with Gasteiger partial charge in [0.05, 0.1) is 25.4 Å². The van der Waals surface area contributed by atoms with E-state index >= 15 is 0 Å². The number of β-amino-alcohol motifs (C(OH)–C–C–N with tert-alkyl or cyclic N) is 1. The van der Waals surface area contributed by atoms with Crippen LogP contribution in [0.1, 0.15) is 31.4 Å². The minimum absolute atomic E-state index is 0.188. The molecule has 8 nitrogen and oxygen atoms in total. The summed E-state index contributed by atoms with van der Waals surface area (Å²) in [6.07, 6.45) is 1.76. The second kappa shape index (κ2) is 8.74. The van der Waals surface area contributed by atoms with Crippen LogP contribution < -0.4 is 10.6 Å². The van der Waals surface area contributed by atoms with Gasteiger partial charge >= 0.3 is 0 Å². The summed E-state index contributed by atoms with van der Waals surface area (Å²) < 4.78 is 5.12. The first-order valence-corrected chi connectivity index (χ1v) is 10.7. The van der Waals surface area contributed by atoms with Crippen molar-refractivity contribution in [3.63, 3.8) is 0 Å². The van der Waals surface area contributed by atoms with Crippen molar-refractivity contribution < 1.29 is 14.6 Å². The van der Waals surface area contributed by atoms with Crippen LogP contribution in [0.2, 0.25) is 0 Å². The molecule has 2 aromatic rings. The summed E-state index contributed by atoms with van der Waals surface area (Å²) in [6.45, 7) is 8.14. The molecular weight excluding hydrogens is 390 g/mol. The normalized spacial score (nSPS) is 18.0. The van der Waals surface area contributed by atoms with E-state index in [2.05, 4.69) is 39.3 Å². The number of fused-ring (bicyclic) bond motifs is 1. The molecule has 0 radical (unpaired) electrons. The summed E-state index contributed by atoms with van der Waals surface area (Å²) in [4.78, 5) is 25.7. The van der Waals surface area contributed by atoms with E-state index in [0.29, 0.717) is 25.6 Å². The van der Waals surface area contributed by atoms with E-state index in [0.717, 1.165) is 19.5 Å². The van der Waals surface area contributed by atoms with Gasteiger partial charge in [0.1, 0.15) is 17.8 Å². The van der Waals surface area contributed by atoms with E-state index in [1.54, 1.807) is 6.07 Å². The summed E-state index contributed by atoms with van der Waals surface area (Å²) >= 11 is 1.89. The van der Waals surface area contributed by atoms with Crippen molar-refractivity contribution in [2.45, 2.75) is 39.0 Å². The van der Waals surface area contributed by atoms with Gasteiger partial charge in [-0.15, -0.1) is 11.3 Å². The summed E-state index contributed by atoms with van der Waals surface area (Å²) in [7, 11) is 0. The van der Waals surface area contributed by atoms with Gasteiger partial charge in [0.2, 0.25) is 0 Å². The molecule has 9 heteroatoms. The number of ether oxygens (including phenoxy) is 1. The van der Waals surface area contributed by atoms with Crippen LogP contribution in [-0.2, 0) is 17.7 Å². The predicted octanol–water partition coefficient (Wildman–Crippen LogP) is 1.11. The minimum Gasteiger partial charge on any atom is -0.390 e. The molecule has 0 bridgehead atoms. The zero-order valence-corrected chi connectivity index (χ0v) is 17.6. The molecule has 0 aliphatic carbocycles. The Hall–Kier alpha value is -2.07. The molecule has 1 saturated heterocycles. The average Bonchev–Trinajstić information content (AvgIpc) is 2.97. The van der Waals surface area contributed by atoms with Gasteiger partial charge in [-0.05, 0) is 31.4 Å². The second-order valence-electron chi connectivity index (χ2n) is 7.70. The molecule has 0 saturated carbocycles. The lowest BCUT2D eigenvalue weighted by Gasteiger charge is -2.29. The van der Waals surface area contributed by atoms with Gasteiger partial charge in [-0.2, -0.15) is 0 Å². The number of carbonyl (C=O) groups is 1. The van der Waals surface area contributed by atoms with E-state index < -0.39 is 6.10 Å². The third kappa shape index (κ3) is 4.75. The molecule has 1 amide bonds. The number of hydrogen-bond acceptors (Lipinski definition) is 8. The Morgan fingerprint density at radius 2 is 2.24 bits per heavy atom. The van der Waals surface area contributed by atoms with Crippen molar-refractivity contribution in [1.82, 2.24) is 20.2 Å². The maximum Gasteiger partial charge on any atom is 0.270 e. The van der Waals surface area contributed by atoms with Crippen molar-refractivity contribution in [3.05, 3.63) is 39.0 Å². The van der Waals surface area contributed by atoms with E-state index in [4.69, 9.17) is 4.74 Å². The van der Waals surface area contributed by atoms with Gasteiger partial charge < -0.3 is 20.5 Å². The number of amides is 1. The Kier molecular flexibility index (Phi) is 6.09. The van der Waals surface area contributed by atoms with Crippen molar-refractivity contribution in [2.75, 3.05) is 38.2 Å². The van der Waals surface area contributed by atoms with Crippen molar-refractivity contribution in [3.8, 4) is 0 Å². The first-order valence-electron chi connectivity index (χ1n) is 9.92. The molecule has 2 aromatic heterocycles. The molecule has 1 fully saturated rings. The minimum atomic E-state index is -0.632. The fourth-order valence-corrected chi connectivity index (χ4v) is 4.80. The Labute approximate surface area is 174 Å². The number of hydrogen-bond donors (Lipinski definition) is 3. The van der Waals surface area contributed by atoms with Crippen molar-refractivity contribution in [2.24, 2.45) is 0 Å². The zero-order chi connectivity index (χ0) is 20.4. The van der Waals surface area contributed by atoms with Crippen molar-refractivity contribution >= 4 is 23.1 Å². The highest BCUT2D eigenvalue weighted by Crippen LogP contribution is 2.31. The van der Waals surface area contributed by atoms with Crippen LogP contribution in [0.3, 0.4) is 0 Å². The van der Waals surface area contributed by atoms with E-state index in [-0.39, 0.29) is 24.2 Å². The third-order valence-corrected chi connectivity index (χ3v) is 6.80. The van der Waals surface area contributed by atoms with Crippen LogP contribution in [0.4, 0.5) is 5.82 Å². The summed E-state index contributed by atoms with van der Waals surface area (Å²) in [5.74, 6) is 0.286. The smallest absolute Gasteiger partial charge is 0.270 e. The second-order valence-corrected chi connectivity index (χ2v) is 9.01.